The lowest BCUT2D eigenvalue weighted by atomic mass is 9.92. The summed E-state index contributed by atoms with van der Waals surface area (Å²) in [6.07, 6.45) is 0.831. The Morgan fingerprint density at radius 3 is 2.07 bits per heavy atom. The summed E-state index contributed by atoms with van der Waals surface area (Å²) >= 11 is 1.69. The Hall–Kier alpha value is -2.25. The van der Waals surface area contributed by atoms with Crippen LogP contribution >= 0.6 is 11.3 Å². The second-order valence-corrected chi connectivity index (χ2v) is 7.47. The molecule has 1 unspecified atom stereocenters. The van der Waals surface area contributed by atoms with E-state index in [-0.39, 0.29) is 12.1 Å². The smallest absolute Gasteiger partial charge is 0.338 e. The first-order valence-electron chi connectivity index (χ1n) is 9.77. The summed E-state index contributed by atoms with van der Waals surface area (Å²) in [4.78, 5) is 16.5. The van der Waals surface area contributed by atoms with Gasteiger partial charge in [-0.3, -0.25) is 4.90 Å². The Morgan fingerprint density at radius 2 is 1.66 bits per heavy atom. The molecule has 1 heterocycles. The molecule has 0 bridgehead atoms. The number of methoxy groups -OCH3 is 3. The number of hydrogen-bond donors (Lipinski definition) is 0. The minimum absolute atomic E-state index is 0.265. The number of nitrogens with zero attached hydrogens (tertiary/aromatic N) is 1. The van der Waals surface area contributed by atoms with Crippen molar-refractivity contribution in [3.8, 4) is 17.2 Å². The van der Waals surface area contributed by atoms with Crippen molar-refractivity contribution < 1.29 is 23.7 Å². The van der Waals surface area contributed by atoms with Crippen molar-refractivity contribution in [2.24, 2.45) is 0 Å². The van der Waals surface area contributed by atoms with Crippen molar-refractivity contribution in [1.82, 2.24) is 4.90 Å². The van der Waals surface area contributed by atoms with Gasteiger partial charge in [0.2, 0.25) is 5.75 Å². The van der Waals surface area contributed by atoms with Crippen molar-refractivity contribution in [3.63, 3.8) is 0 Å². The van der Waals surface area contributed by atoms with E-state index in [2.05, 4.69) is 37.1 Å². The second kappa shape index (κ2) is 10.5. The lowest BCUT2D eigenvalue weighted by Gasteiger charge is -2.41. The summed E-state index contributed by atoms with van der Waals surface area (Å²) in [6, 6.07) is 7.37. The number of likely N-dealkylation sites (N-methyl/N-ethyl adjacent to an activating group) is 1. The number of ether oxygens (including phenoxy) is 4. The third-order valence-electron chi connectivity index (χ3n) is 5.28. The summed E-state index contributed by atoms with van der Waals surface area (Å²) in [6.45, 7) is 8.38. The zero-order valence-corrected chi connectivity index (χ0v) is 18.9. The maximum atomic E-state index is 12.9. The lowest BCUT2D eigenvalue weighted by molar-refractivity contribution is -0.000834. The number of esters is 1. The minimum atomic E-state index is -0.425. The van der Waals surface area contributed by atoms with Gasteiger partial charge in [0, 0.05) is 4.88 Å². The van der Waals surface area contributed by atoms with Gasteiger partial charge in [-0.05, 0) is 43.1 Å². The molecular weight excluding hydrogens is 390 g/mol. The van der Waals surface area contributed by atoms with Crippen molar-refractivity contribution in [1.29, 1.82) is 0 Å². The molecule has 0 N–H and O–H groups in total. The first kappa shape index (κ1) is 23.0. The highest BCUT2D eigenvalue weighted by molar-refractivity contribution is 7.10. The Kier molecular flexibility index (Phi) is 8.34. The predicted octanol–water partition coefficient (Wildman–Crippen LogP) is 4.58. The third-order valence-corrected chi connectivity index (χ3v) is 6.34. The first-order chi connectivity index (χ1) is 14.0. The van der Waals surface area contributed by atoms with Crippen LogP contribution < -0.4 is 14.2 Å². The standard InChI is InChI=1S/C22H31NO5S/c1-7-22(23(8-2)9-3,19-11-10-12-29-19)15-28-21(24)16-13-17(25-4)20(27-6)18(14-16)26-5/h10-14H,7-9,15H2,1-6H3. The minimum Gasteiger partial charge on any atom is -0.493 e. The summed E-state index contributed by atoms with van der Waals surface area (Å²) < 4.78 is 21.9. The SMILES string of the molecule is CCN(CC)C(CC)(COC(=O)c1cc(OC)c(OC)c(OC)c1)c1cccs1. The summed E-state index contributed by atoms with van der Waals surface area (Å²) in [5, 5.41) is 2.06. The van der Waals surface area contributed by atoms with E-state index in [0.29, 0.717) is 22.8 Å². The molecule has 0 spiro atoms. The molecule has 0 aliphatic rings. The molecule has 2 aromatic rings. The van der Waals surface area contributed by atoms with Gasteiger partial charge in [-0.15, -0.1) is 11.3 Å². The van der Waals surface area contributed by atoms with Crippen LogP contribution in [-0.2, 0) is 10.3 Å². The number of carbonyl (C=O) groups is 1. The zero-order valence-electron chi connectivity index (χ0n) is 18.1. The Labute approximate surface area is 177 Å². The molecule has 0 aliphatic heterocycles. The molecular formula is C22H31NO5S. The summed E-state index contributed by atoms with van der Waals surface area (Å²) in [7, 11) is 4.57. The van der Waals surface area contributed by atoms with Gasteiger partial charge in [0.05, 0.1) is 32.4 Å². The number of rotatable bonds is 11. The topological polar surface area (TPSA) is 57.2 Å². The van der Waals surface area contributed by atoms with Gasteiger partial charge >= 0.3 is 5.97 Å². The molecule has 1 aromatic heterocycles. The van der Waals surface area contributed by atoms with E-state index in [9.17, 15) is 4.79 Å². The highest BCUT2D eigenvalue weighted by atomic mass is 32.1. The van der Waals surface area contributed by atoms with E-state index in [0.717, 1.165) is 19.5 Å². The van der Waals surface area contributed by atoms with E-state index in [1.54, 1.807) is 23.5 Å². The van der Waals surface area contributed by atoms with E-state index in [4.69, 9.17) is 18.9 Å². The van der Waals surface area contributed by atoms with Gasteiger partial charge in [-0.2, -0.15) is 0 Å². The number of benzene rings is 1. The highest BCUT2D eigenvalue weighted by Gasteiger charge is 2.38. The number of carbonyl (C=O) groups excluding carboxylic acids is 1. The largest absolute Gasteiger partial charge is 0.493 e. The fourth-order valence-electron chi connectivity index (χ4n) is 3.66. The first-order valence-corrected chi connectivity index (χ1v) is 10.6. The normalized spacial score (nSPS) is 13.1. The van der Waals surface area contributed by atoms with Crippen molar-refractivity contribution >= 4 is 17.3 Å². The van der Waals surface area contributed by atoms with E-state index < -0.39 is 5.97 Å². The van der Waals surface area contributed by atoms with Gasteiger partial charge in [-0.1, -0.05) is 26.8 Å². The Balaban J connectivity index is 2.33. The van der Waals surface area contributed by atoms with Gasteiger partial charge in [0.1, 0.15) is 6.61 Å². The fourth-order valence-corrected chi connectivity index (χ4v) is 4.67. The van der Waals surface area contributed by atoms with Crippen LogP contribution in [0.5, 0.6) is 17.2 Å². The summed E-state index contributed by atoms with van der Waals surface area (Å²) in [5.41, 5.74) is 0.00349. The average Bonchev–Trinajstić information content (AvgIpc) is 3.30. The Bertz CT molecular complexity index is 764. The van der Waals surface area contributed by atoms with E-state index >= 15 is 0 Å². The lowest BCUT2D eigenvalue weighted by Crippen LogP contribution is -2.49. The third kappa shape index (κ3) is 4.67. The number of hydrogen-bond acceptors (Lipinski definition) is 7. The molecule has 0 radical (unpaired) electrons. The predicted molar refractivity (Wildman–Crippen MR) is 116 cm³/mol. The van der Waals surface area contributed by atoms with E-state index in [1.165, 1.54) is 26.2 Å². The van der Waals surface area contributed by atoms with Crippen LogP contribution in [0.25, 0.3) is 0 Å². The molecule has 2 rings (SSSR count). The summed E-state index contributed by atoms with van der Waals surface area (Å²) in [5.74, 6) is 0.854. The Morgan fingerprint density at radius 1 is 1.03 bits per heavy atom. The van der Waals surface area contributed by atoms with Crippen LogP contribution in [0.2, 0.25) is 0 Å². The van der Waals surface area contributed by atoms with Crippen LogP contribution in [0, 0.1) is 0 Å². The quantitative estimate of drug-likeness (QED) is 0.495. The van der Waals surface area contributed by atoms with Crippen LogP contribution in [-0.4, -0.2) is 51.9 Å². The zero-order chi connectivity index (χ0) is 21.4. The van der Waals surface area contributed by atoms with Crippen LogP contribution in [0.3, 0.4) is 0 Å². The molecule has 29 heavy (non-hydrogen) atoms. The molecule has 0 aliphatic carbocycles. The molecule has 0 saturated carbocycles. The maximum absolute atomic E-state index is 12.9. The molecule has 0 fully saturated rings. The highest BCUT2D eigenvalue weighted by Crippen LogP contribution is 2.39. The monoisotopic (exact) mass is 421 g/mol. The fraction of sp³-hybridized carbons (Fsp3) is 0.500. The molecule has 0 saturated heterocycles. The molecule has 7 heteroatoms. The second-order valence-electron chi connectivity index (χ2n) is 6.52. The number of thiophene rings is 1. The van der Waals surface area contributed by atoms with E-state index in [1.807, 2.05) is 6.07 Å². The van der Waals surface area contributed by atoms with Gasteiger partial charge < -0.3 is 18.9 Å². The maximum Gasteiger partial charge on any atom is 0.338 e. The molecule has 0 amide bonds. The van der Waals surface area contributed by atoms with Gasteiger partial charge in [0.15, 0.2) is 11.5 Å². The van der Waals surface area contributed by atoms with Crippen molar-refractivity contribution in [2.45, 2.75) is 32.7 Å². The van der Waals surface area contributed by atoms with Crippen LogP contribution in [0.15, 0.2) is 29.6 Å². The molecule has 1 aromatic carbocycles. The molecule has 6 nitrogen and oxygen atoms in total. The van der Waals surface area contributed by atoms with Crippen LogP contribution in [0.1, 0.15) is 42.4 Å². The van der Waals surface area contributed by atoms with Gasteiger partial charge in [-0.25, -0.2) is 4.79 Å². The van der Waals surface area contributed by atoms with Crippen molar-refractivity contribution in [3.05, 3.63) is 40.1 Å². The molecule has 160 valence electrons. The molecule has 1 atom stereocenters. The van der Waals surface area contributed by atoms with Crippen molar-refractivity contribution in [2.75, 3.05) is 41.0 Å². The van der Waals surface area contributed by atoms with Crippen LogP contribution in [0.4, 0.5) is 0 Å². The van der Waals surface area contributed by atoms with Gasteiger partial charge in [0.25, 0.3) is 0 Å². The average molecular weight is 422 g/mol.